The highest BCUT2D eigenvalue weighted by molar-refractivity contribution is 9.10. The number of carboxylic acid groups (broad SMARTS) is 1. The van der Waals surface area contributed by atoms with Crippen molar-refractivity contribution in [3.05, 3.63) is 65.4 Å². The second kappa shape index (κ2) is 6.78. The quantitative estimate of drug-likeness (QED) is 0.437. The van der Waals surface area contributed by atoms with Gasteiger partial charge in [-0.2, -0.15) is 0 Å². The molecule has 4 aromatic rings. The zero-order chi connectivity index (χ0) is 18.3. The van der Waals surface area contributed by atoms with Gasteiger partial charge in [0, 0.05) is 22.3 Å². The van der Waals surface area contributed by atoms with Crippen molar-refractivity contribution in [3.63, 3.8) is 0 Å². The van der Waals surface area contributed by atoms with Crippen LogP contribution in [-0.4, -0.2) is 25.9 Å². The minimum absolute atomic E-state index is 0.544. The summed E-state index contributed by atoms with van der Waals surface area (Å²) in [6, 6.07) is 16.2. The Kier molecular flexibility index (Phi) is 4.46. The first-order valence-corrected chi connectivity index (χ1v) is 9.76. The molecule has 1 atom stereocenters. The van der Waals surface area contributed by atoms with E-state index in [0.717, 1.165) is 36.9 Å². The number of carboxylic acids is 1. The number of fused-ring (bicyclic) bond motifs is 2. The fraction of sp³-hybridized carbons (Fsp3) is 0.100. The molecule has 0 aliphatic rings. The predicted octanol–water partition coefficient (Wildman–Crippen LogP) is 5.51. The van der Waals surface area contributed by atoms with Crippen molar-refractivity contribution in [2.24, 2.45) is 0 Å². The molecule has 0 bridgehead atoms. The Morgan fingerprint density at radius 3 is 2.69 bits per heavy atom. The van der Waals surface area contributed by atoms with Gasteiger partial charge in [0.25, 0.3) is 0 Å². The summed E-state index contributed by atoms with van der Waals surface area (Å²) >= 11 is 4.93. The van der Waals surface area contributed by atoms with Crippen LogP contribution in [0.5, 0.6) is 0 Å². The van der Waals surface area contributed by atoms with Crippen LogP contribution in [0, 0.1) is 0 Å². The molecular formula is C20H15BrN2O2S. The summed E-state index contributed by atoms with van der Waals surface area (Å²) < 4.78 is 3.13. The summed E-state index contributed by atoms with van der Waals surface area (Å²) in [6.45, 7) is 1.69. The van der Waals surface area contributed by atoms with Gasteiger partial charge in [0.1, 0.15) is 10.8 Å². The van der Waals surface area contributed by atoms with E-state index in [1.807, 2.05) is 36.5 Å². The topological polar surface area (TPSA) is 55.1 Å². The van der Waals surface area contributed by atoms with Crippen LogP contribution in [0.25, 0.3) is 27.5 Å². The molecule has 0 saturated carbocycles. The number of halogens is 1. The summed E-state index contributed by atoms with van der Waals surface area (Å²) in [4.78, 5) is 16.6. The van der Waals surface area contributed by atoms with Crippen molar-refractivity contribution >= 4 is 55.5 Å². The summed E-state index contributed by atoms with van der Waals surface area (Å²) in [5.74, 6) is -0.832. The first-order valence-electron chi connectivity index (χ1n) is 8.09. The second-order valence-corrected chi connectivity index (χ2v) is 8.18. The number of nitrogens with zero attached hydrogens (tertiary/aromatic N) is 2. The highest BCUT2D eigenvalue weighted by Crippen LogP contribution is 2.36. The van der Waals surface area contributed by atoms with Gasteiger partial charge in [0.05, 0.1) is 16.1 Å². The minimum atomic E-state index is -0.832. The molecule has 1 unspecified atom stereocenters. The van der Waals surface area contributed by atoms with Crippen LogP contribution >= 0.6 is 27.7 Å². The lowest BCUT2D eigenvalue weighted by Gasteiger charge is -2.10. The Morgan fingerprint density at radius 1 is 1.15 bits per heavy atom. The maximum Gasteiger partial charge on any atom is 0.316 e. The maximum atomic E-state index is 11.3. The van der Waals surface area contributed by atoms with Gasteiger partial charge in [-0.25, -0.2) is 0 Å². The van der Waals surface area contributed by atoms with Crippen molar-refractivity contribution in [2.75, 3.05) is 0 Å². The smallest absolute Gasteiger partial charge is 0.316 e. The van der Waals surface area contributed by atoms with E-state index in [-0.39, 0.29) is 0 Å². The van der Waals surface area contributed by atoms with E-state index in [1.165, 1.54) is 11.8 Å². The van der Waals surface area contributed by atoms with Crippen molar-refractivity contribution < 1.29 is 9.90 Å². The first kappa shape index (κ1) is 17.1. The SMILES string of the molecule is CC(Sc1cn(-c2ccc(Br)c3ccccc23)c2cccnc12)C(=O)O. The molecule has 0 aliphatic heterocycles. The van der Waals surface area contributed by atoms with Gasteiger partial charge in [0.2, 0.25) is 0 Å². The lowest BCUT2D eigenvalue weighted by molar-refractivity contribution is -0.136. The highest BCUT2D eigenvalue weighted by atomic mass is 79.9. The fourth-order valence-corrected chi connectivity index (χ4v) is 4.41. The average Bonchev–Trinajstić information content (AvgIpc) is 3.01. The molecule has 2 aromatic carbocycles. The molecule has 0 radical (unpaired) electrons. The first-order chi connectivity index (χ1) is 12.6. The van der Waals surface area contributed by atoms with Crippen LogP contribution in [0.15, 0.2) is 70.3 Å². The Morgan fingerprint density at radius 2 is 1.92 bits per heavy atom. The number of pyridine rings is 1. The van der Waals surface area contributed by atoms with E-state index in [4.69, 9.17) is 0 Å². The molecular weight excluding hydrogens is 412 g/mol. The standard InChI is InChI=1S/C20H15BrN2O2S/c1-12(20(24)25)26-18-11-23(17-7-4-10-22-19(17)18)16-9-8-15(21)13-5-2-3-6-14(13)16/h2-12H,1H3,(H,24,25). The lowest BCUT2D eigenvalue weighted by atomic mass is 10.1. The van der Waals surface area contributed by atoms with Crippen LogP contribution in [0.2, 0.25) is 0 Å². The molecule has 0 saturated heterocycles. The molecule has 0 spiro atoms. The number of aliphatic carboxylic acids is 1. The Bertz CT molecular complexity index is 1140. The van der Waals surface area contributed by atoms with Gasteiger partial charge >= 0.3 is 5.97 Å². The zero-order valence-corrected chi connectivity index (χ0v) is 16.3. The monoisotopic (exact) mass is 426 g/mol. The minimum Gasteiger partial charge on any atom is -0.480 e. The summed E-state index contributed by atoms with van der Waals surface area (Å²) in [5.41, 5.74) is 2.81. The molecule has 2 aromatic heterocycles. The molecule has 26 heavy (non-hydrogen) atoms. The molecule has 2 heterocycles. The predicted molar refractivity (Wildman–Crippen MR) is 109 cm³/mol. The molecule has 4 nitrogen and oxygen atoms in total. The molecule has 0 amide bonds. The van der Waals surface area contributed by atoms with Crippen LogP contribution in [-0.2, 0) is 4.79 Å². The van der Waals surface area contributed by atoms with E-state index in [2.05, 4.69) is 43.7 Å². The Balaban J connectivity index is 1.96. The number of hydrogen-bond acceptors (Lipinski definition) is 3. The average molecular weight is 427 g/mol. The number of hydrogen-bond donors (Lipinski definition) is 1. The highest BCUT2D eigenvalue weighted by Gasteiger charge is 2.19. The van der Waals surface area contributed by atoms with E-state index in [0.29, 0.717) is 0 Å². The summed E-state index contributed by atoms with van der Waals surface area (Å²) in [5, 5.41) is 11.0. The number of rotatable bonds is 4. The van der Waals surface area contributed by atoms with Crippen molar-refractivity contribution in [1.29, 1.82) is 0 Å². The zero-order valence-electron chi connectivity index (χ0n) is 13.9. The third kappa shape index (κ3) is 2.89. The molecule has 130 valence electrons. The maximum absolute atomic E-state index is 11.3. The Hall–Kier alpha value is -2.31. The third-order valence-electron chi connectivity index (χ3n) is 4.28. The van der Waals surface area contributed by atoms with Gasteiger partial charge in [-0.3, -0.25) is 9.78 Å². The normalized spacial score (nSPS) is 12.5. The van der Waals surface area contributed by atoms with E-state index in [9.17, 15) is 9.90 Å². The van der Waals surface area contributed by atoms with E-state index in [1.54, 1.807) is 13.1 Å². The van der Waals surface area contributed by atoms with Gasteiger partial charge in [-0.15, -0.1) is 11.8 Å². The Labute approximate surface area is 163 Å². The van der Waals surface area contributed by atoms with E-state index >= 15 is 0 Å². The molecule has 0 aliphatic carbocycles. The van der Waals surface area contributed by atoms with Gasteiger partial charge in [-0.1, -0.05) is 40.2 Å². The van der Waals surface area contributed by atoms with Crippen LogP contribution < -0.4 is 0 Å². The van der Waals surface area contributed by atoms with Crippen LogP contribution in [0.4, 0.5) is 0 Å². The number of carbonyl (C=O) groups is 1. The summed E-state index contributed by atoms with van der Waals surface area (Å²) in [7, 11) is 0. The second-order valence-electron chi connectivity index (χ2n) is 5.94. The van der Waals surface area contributed by atoms with Crippen molar-refractivity contribution in [1.82, 2.24) is 9.55 Å². The van der Waals surface area contributed by atoms with Gasteiger partial charge in [0.15, 0.2) is 0 Å². The molecule has 6 heteroatoms. The molecule has 0 fully saturated rings. The van der Waals surface area contributed by atoms with Crippen molar-refractivity contribution in [3.8, 4) is 5.69 Å². The van der Waals surface area contributed by atoms with Crippen LogP contribution in [0.1, 0.15) is 6.92 Å². The third-order valence-corrected chi connectivity index (χ3v) is 6.08. The van der Waals surface area contributed by atoms with Crippen molar-refractivity contribution in [2.45, 2.75) is 17.1 Å². The van der Waals surface area contributed by atoms with E-state index < -0.39 is 11.2 Å². The molecule has 1 N–H and O–H groups in total. The molecule has 4 rings (SSSR count). The number of benzene rings is 2. The number of thioether (sulfide) groups is 1. The number of aromatic nitrogens is 2. The lowest BCUT2D eigenvalue weighted by Crippen LogP contribution is -2.10. The van der Waals surface area contributed by atoms with Gasteiger partial charge < -0.3 is 9.67 Å². The van der Waals surface area contributed by atoms with Gasteiger partial charge in [-0.05, 0) is 36.6 Å². The fourth-order valence-electron chi connectivity index (χ4n) is 3.01. The van der Waals surface area contributed by atoms with Crippen LogP contribution in [0.3, 0.4) is 0 Å². The summed E-state index contributed by atoms with van der Waals surface area (Å²) in [6.07, 6.45) is 3.72. The largest absolute Gasteiger partial charge is 0.480 e.